The second-order valence-electron chi connectivity index (χ2n) is 4.15. The van der Waals surface area contributed by atoms with E-state index in [9.17, 15) is 19.8 Å². The largest absolute Gasteiger partial charge is 0.497 e. The number of ketones is 2. The van der Waals surface area contributed by atoms with Gasteiger partial charge < -0.3 is 14.9 Å². The van der Waals surface area contributed by atoms with Crippen LogP contribution in [0.15, 0.2) is 18.2 Å². The molecule has 0 fully saturated rings. The number of aliphatic hydroxyl groups excluding tert-OH is 1. The van der Waals surface area contributed by atoms with Crippen LogP contribution in [0.4, 0.5) is 0 Å². The predicted molar refractivity (Wildman–Crippen MR) is 58.3 cm³/mol. The Morgan fingerprint density at radius 3 is 2.53 bits per heavy atom. The van der Waals surface area contributed by atoms with Crippen molar-refractivity contribution in [3.05, 3.63) is 29.3 Å². The molecule has 2 N–H and O–H groups in total. The van der Waals surface area contributed by atoms with Crippen LogP contribution in [-0.2, 0) is 0 Å². The molecule has 0 radical (unpaired) electrons. The maximum atomic E-state index is 11.9. The van der Waals surface area contributed by atoms with E-state index in [4.69, 9.17) is 4.74 Å². The summed E-state index contributed by atoms with van der Waals surface area (Å²) in [6.07, 6.45) is -1.73. The van der Waals surface area contributed by atoms with Gasteiger partial charge in [0, 0.05) is 11.1 Å². The van der Waals surface area contributed by atoms with Crippen molar-refractivity contribution in [3.8, 4) is 5.75 Å². The molecule has 0 saturated heterocycles. The van der Waals surface area contributed by atoms with Crippen molar-refractivity contribution in [3.63, 3.8) is 0 Å². The molecule has 17 heavy (non-hydrogen) atoms. The molecule has 5 heteroatoms. The van der Waals surface area contributed by atoms with Crippen molar-refractivity contribution in [2.24, 2.45) is 0 Å². The van der Waals surface area contributed by atoms with Gasteiger partial charge in [0.25, 0.3) is 0 Å². The van der Waals surface area contributed by atoms with Gasteiger partial charge in [-0.25, -0.2) is 0 Å². The lowest BCUT2D eigenvalue weighted by atomic mass is 9.77. The Bertz CT molecular complexity index is 504. The van der Waals surface area contributed by atoms with Crippen LogP contribution < -0.4 is 4.74 Å². The maximum absolute atomic E-state index is 11.9. The van der Waals surface area contributed by atoms with E-state index in [1.807, 2.05) is 0 Å². The number of Topliss-reactive ketones (excluding diaryl/α,β-unsaturated/α-hetero) is 2. The van der Waals surface area contributed by atoms with Crippen molar-refractivity contribution in [2.45, 2.75) is 18.6 Å². The van der Waals surface area contributed by atoms with Crippen molar-refractivity contribution in [2.75, 3.05) is 7.11 Å². The van der Waals surface area contributed by atoms with Crippen molar-refractivity contribution >= 4 is 11.6 Å². The third-order valence-electron chi connectivity index (χ3n) is 2.98. The predicted octanol–water partition coefficient (Wildman–Crippen LogP) is 0.186. The van der Waals surface area contributed by atoms with Gasteiger partial charge in [-0.2, -0.15) is 0 Å². The zero-order chi connectivity index (χ0) is 12.8. The maximum Gasteiger partial charge on any atom is 0.198 e. The number of hydrogen-bond acceptors (Lipinski definition) is 5. The fraction of sp³-hybridized carbons (Fsp3) is 0.333. The van der Waals surface area contributed by atoms with E-state index in [0.717, 1.165) is 6.92 Å². The summed E-state index contributed by atoms with van der Waals surface area (Å²) in [6.45, 7) is 1.13. The molecule has 0 amide bonds. The molecule has 2 rings (SSSR count). The van der Waals surface area contributed by atoms with Gasteiger partial charge in [-0.15, -0.1) is 0 Å². The van der Waals surface area contributed by atoms with Crippen LogP contribution in [0, 0.1) is 0 Å². The standard InChI is InChI=1S/C12H12O5/c1-12(16)10(14)8-5-6(17-2)3-4-7(8)9(13)11(12)15/h3-5,11,15-16H,1-2H3/t11-,12+/m0/s1. The van der Waals surface area contributed by atoms with E-state index < -0.39 is 23.3 Å². The normalized spacial score (nSPS) is 27.9. The first-order valence-electron chi connectivity index (χ1n) is 5.07. The molecule has 0 spiro atoms. The highest BCUT2D eigenvalue weighted by Gasteiger charge is 2.48. The molecular weight excluding hydrogens is 224 g/mol. The van der Waals surface area contributed by atoms with Crippen molar-refractivity contribution < 1.29 is 24.5 Å². The highest BCUT2D eigenvalue weighted by molar-refractivity contribution is 6.19. The number of carbonyl (C=O) groups is 2. The van der Waals surface area contributed by atoms with Gasteiger partial charge in [0.05, 0.1) is 7.11 Å². The zero-order valence-corrected chi connectivity index (χ0v) is 9.43. The van der Waals surface area contributed by atoms with Crippen LogP contribution in [0.5, 0.6) is 5.75 Å². The van der Waals surface area contributed by atoms with Gasteiger partial charge in [0.1, 0.15) is 5.75 Å². The van der Waals surface area contributed by atoms with E-state index in [-0.39, 0.29) is 11.1 Å². The van der Waals surface area contributed by atoms with Gasteiger partial charge in [0.2, 0.25) is 0 Å². The van der Waals surface area contributed by atoms with Crippen LogP contribution in [0.3, 0.4) is 0 Å². The molecule has 5 nitrogen and oxygen atoms in total. The van der Waals surface area contributed by atoms with E-state index in [0.29, 0.717) is 5.75 Å². The number of rotatable bonds is 1. The minimum atomic E-state index is -2.09. The molecular formula is C12H12O5. The monoisotopic (exact) mass is 236 g/mol. The van der Waals surface area contributed by atoms with Gasteiger partial charge in [0.15, 0.2) is 23.3 Å². The Labute approximate surface area is 97.6 Å². The molecule has 1 aromatic rings. The second-order valence-corrected chi connectivity index (χ2v) is 4.15. The fourth-order valence-electron chi connectivity index (χ4n) is 1.85. The molecule has 0 unspecified atom stereocenters. The van der Waals surface area contributed by atoms with Crippen LogP contribution in [0.25, 0.3) is 0 Å². The van der Waals surface area contributed by atoms with Crippen LogP contribution in [-0.4, -0.2) is 40.6 Å². The van der Waals surface area contributed by atoms with Crippen LogP contribution in [0.2, 0.25) is 0 Å². The Morgan fingerprint density at radius 2 is 1.94 bits per heavy atom. The smallest absolute Gasteiger partial charge is 0.198 e. The summed E-state index contributed by atoms with van der Waals surface area (Å²) in [6, 6.07) is 4.32. The summed E-state index contributed by atoms with van der Waals surface area (Å²) in [4.78, 5) is 23.7. The second kappa shape index (κ2) is 3.65. The number of fused-ring (bicyclic) bond motifs is 1. The summed E-state index contributed by atoms with van der Waals surface area (Å²) < 4.78 is 4.95. The van der Waals surface area contributed by atoms with Crippen LogP contribution >= 0.6 is 0 Å². The molecule has 0 bridgehead atoms. The molecule has 90 valence electrons. The SMILES string of the molecule is COc1ccc2c(c1)C(=O)[C@@](C)(O)[C@@H](O)C2=O. The van der Waals surface area contributed by atoms with E-state index in [1.54, 1.807) is 0 Å². The van der Waals surface area contributed by atoms with E-state index in [2.05, 4.69) is 0 Å². The van der Waals surface area contributed by atoms with Gasteiger partial charge in [-0.3, -0.25) is 9.59 Å². The molecule has 0 aliphatic heterocycles. The molecule has 1 aromatic carbocycles. The average Bonchev–Trinajstić information content (AvgIpc) is 2.33. The number of methoxy groups -OCH3 is 1. The fourth-order valence-corrected chi connectivity index (χ4v) is 1.85. The van der Waals surface area contributed by atoms with Gasteiger partial charge >= 0.3 is 0 Å². The topological polar surface area (TPSA) is 83.8 Å². The number of ether oxygens (including phenoxy) is 1. The van der Waals surface area contributed by atoms with E-state index >= 15 is 0 Å². The lowest BCUT2D eigenvalue weighted by Gasteiger charge is -2.32. The first-order valence-corrected chi connectivity index (χ1v) is 5.07. The third kappa shape index (κ3) is 1.55. The summed E-state index contributed by atoms with van der Waals surface area (Å²) in [5.74, 6) is -0.928. The first-order chi connectivity index (χ1) is 7.89. The van der Waals surface area contributed by atoms with Gasteiger partial charge in [-0.1, -0.05) is 0 Å². The molecule has 2 atom stereocenters. The Morgan fingerprint density at radius 1 is 1.29 bits per heavy atom. The lowest BCUT2D eigenvalue weighted by Crippen LogP contribution is -2.54. The Hall–Kier alpha value is -1.72. The molecule has 1 aliphatic carbocycles. The minimum absolute atomic E-state index is 0.0737. The number of benzene rings is 1. The zero-order valence-electron chi connectivity index (χ0n) is 9.43. The minimum Gasteiger partial charge on any atom is -0.497 e. The molecule has 0 saturated carbocycles. The summed E-state index contributed by atoms with van der Waals surface area (Å²) in [5, 5.41) is 19.4. The highest BCUT2D eigenvalue weighted by Crippen LogP contribution is 2.31. The number of carbonyl (C=O) groups excluding carboxylic acids is 2. The summed E-state index contributed by atoms with van der Waals surface area (Å²) >= 11 is 0. The average molecular weight is 236 g/mol. The number of hydrogen-bond donors (Lipinski definition) is 2. The third-order valence-corrected chi connectivity index (χ3v) is 2.98. The highest BCUT2D eigenvalue weighted by atomic mass is 16.5. The molecule has 0 aromatic heterocycles. The molecule has 1 aliphatic rings. The summed E-state index contributed by atoms with van der Waals surface area (Å²) in [5.41, 5.74) is -1.91. The van der Waals surface area contributed by atoms with Crippen molar-refractivity contribution in [1.82, 2.24) is 0 Å². The Kier molecular flexibility index (Phi) is 2.52. The van der Waals surface area contributed by atoms with Crippen LogP contribution in [0.1, 0.15) is 27.6 Å². The lowest BCUT2D eigenvalue weighted by molar-refractivity contribution is -0.0306. The van der Waals surface area contributed by atoms with Crippen molar-refractivity contribution in [1.29, 1.82) is 0 Å². The summed E-state index contributed by atoms with van der Waals surface area (Å²) in [7, 11) is 1.43. The Balaban J connectivity index is 2.65. The first kappa shape index (κ1) is 11.8. The number of aliphatic hydroxyl groups is 2. The quantitative estimate of drug-likeness (QED) is 0.727. The van der Waals surface area contributed by atoms with Gasteiger partial charge in [-0.05, 0) is 25.1 Å². The molecule has 0 heterocycles. The van der Waals surface area contributed by atoms with E-state index in [1.165, 1.54) is 25.3 Å².